The molecule has 0 saturated heterocycles. The number of ether oxygens (including phenoxy) is 2. The second-order valence-corrected chi connectivity index (χ2v) is 4.53. The molecular weight excluding hydrogens is 266 g/mol. The molecule has 100 valence electrons. The zero-order chi connectivity index (χ0) is 14.0. The van der Waals surface area contributed by atoms with Crippen molar-refractivity contribution in [2.45, 2.75) is 20.5 Å². The van der Waals surface area contributed by atoms with E-state index in [-0.39, 0.29) is 12.6 Å². The third-order valence-electron chi connectivity index (χ3n) is 2.85. The van der Waals surface area contributed by atoms with E-state index in [1.54, 1.807) is 7.11 Å². The molecule has 0 aliphatic carbocycles. The van der Waals surface area contributed by atoms with Crippen molar-refractivity contribution in [3.63, 3.8) is 0 Å². The first-order valence-corrected chi connectivity index (χ1v) is 6.17. The van der Waals surface area contributed by atoms with E-state index in [0.29, 0.717) is 10.8 Å². The van der Waals surface area contributed by atoms with Crippen LogP contribution < -0.4 is 4.74 Å². The largest absolute Gasteiger partial charge is 0.497 e. The zero-order valence-electron chi connectivity index (χ0n) is 11.0. The Morgan fingerprint density at radius 3 is 2.79 bits per heavy atom. The summed E-state index contributed by atoms with van der Waals surface area (Å²) in [6.45, 7) is 3.33. The van der Waals surface area contributed by atoms with Crippen LogP contribution in [-0.2, 0) is 16.1 Å². The van der Waals surface area contributed by atoms with Gasteiger partial charge >= 0.3 is 5.97 Å². The molecule has 0 bridgehead atoms. The third kappa shape index (κ3) is 2.79. The lowest BCUT2D eigenvalue weighted by molar-refractivity contribution is -0.142. The highest BCUT2D eigenvalue weighted by Crippen LogP contribution is 2.31. The monoisotopic (exact) mass is 279 g/mol. The van der Waals surface area contributed by atoms with Crippen LogP contribution in [0.4, 0.5) is 0 Å². The van der Waals surface area contributed by atoms with Gasteiger partial charge in [0.15, 0.2) is 0 Å². The molecule has 0 aliphatic heterocycles. The van der Waals surface area contributed by atoms with Gasteiger partial charge in [0.05, 0.1) is 17.6 Å². The van der Waals surface area contributed by atoms with Gasteiger partial charge in [-0.25, -0.2) is 0 Å². The van der Waals surface area contributed by atoms with Crippen LogP contribution in [0, 0.1) is 6.92 Å². The Kier molecular flexibility index (Phi) is 3.90. The van der Waals surface area contributed by atoms with Gasteiger partial charge in [0.1, 0.15) is 12.4 Å². The van der Waals surface area contributed by atoms with Crippen LogP contribution in [0.25, 0.3) is 10.9 Å². The second-order valence-electron chi connectivity index (χ2n) is 4.15. The number of nitrogens with zero attached hydrogens (tertiary/aromatic N) is 1. The van der Waals surface area contributed by atoms with Crippen LogP contribution in [-0.4, -0.2) is 18.1 Å². The topological polar surface area (TPSA) is 48.4 Å². The minimum absolute atomic E-state index is 0.125. The van der Waals surface area contributed by atoms with Crippen LogP contribution >= 0.6 is 11.6 Å². The van der Waals surface area contributed by atoms with Crippen LogP contribution in [0.15, 0.2) is 18.2 Å². The van der Waals surface area contributed by atoms with E-state index < -0.39 is 0 Å². The van der Waals surface area contributed by atoms with Crippen LogP contribution in [0.5, 0.6) is 5.75 Å². The van der Waals surface area contributed by atoms with E-state index in [4.69, 9.17) is 21.1 Å². The first-order chi connectivity index (χ1) is 9.02. The van der Waals surface area contributed by atoms with Crippen LogP contribution in [0.2, 0.25) is 5.02 Å². The van der Waals surface area contributed by atoms with E-state index >= 15 is 0 Å². The smallest absolute Gasteiger partial charge is 0.302 e. The summed E-state index contributed by atoms with van der Waals surface area (Å²) in [7, 11) is 1.59. The molecule has 0 radical (unpaired) electrons. The van der Waals surface area contributed by atoms with Gasteiger partial charge in [0, 0.05) is 23.6 Å². The Labute approximate surface area is 116 Å². The lowest BCUT2D eigenvalue weighted by atomic mass is 10.1. The number of aryl methyl sites for hydroxylation is 1. The number of methoxy groups -OCH3 is 1. The maximum Gasteiger partial charge on any atom is 0.302 e. The molecule has 19 heavy (non-hydrogen) atoms. The fourth-order valence-corrected chi connectivity index (χ4v) is 2.17. The number of carbonyl (C=O) groups is 1. The quantitative estimate of drug-likeness (QED) is 0.809. The maximum absolute atomic E-state index is 10.9. The van der Waals surface area contributed by atoms with Gasteiger partial charge in [0.25, 0.3) is 0 Å². The van der Waals surface area contributed by atoms with Crippen molar-refractivity contribution in [2.24, 2.45) is 0 Å². The highest BCUT2D eigenvalue weighted by Gasteiger charge is 2.13. The maximum atomic E-state index is 10.9. The Hall–Kier alpha value is -1.81. The number of benzene rings is 1. The van der Waals surface area contributed by atoms with Crippen molar-refractivity contribution < 1.29 is 14.3 Å². The van der Waals surface area contributed by atoms with Gasteiger partial charge in [-0.05, 0) is 25.1 Å². The van der Waals surface area contributed by atoms with E-state index in [2.05, 4.69) is 4.98 Å². The Morgan fingerprint density at radius 1 is 1.42 bits per heavy atom. The molecule has 0 atom stereocenters. The van der Waals surface area contributed by atoms with Gasteiger partial charge in [-0.2, -0.15) is 0 Å². The number of pyridine rings is 1. The molecule has 0 unspecified atom stereocenters. The summed E-state index contributed by atoms with van der Waals surface area (Å²) in [4.78, 5) is 15.4. The van der Waals surface area contributed by atoms with Crippen LogP contribution in [0.3, 0.4) is 0 Å². The molecule has 0 N–H and O–H groups in total. The van der Waals surface area contributed by atoms with E-state index in [0.717, 1.165) is 22.2 Å². The summed E-state index contributed by atoms with van der Waals surface area (Å²) in [6.07, 6.45) is 0. The molecule has 0 fully saturated rings. The number of fused-ring (bicyclic) bond motifs is 1. The average molecular weight is 280 g/mol. The molecule has 2 aromatic rings. The molecule has 1 aromatic carbocycles. The molecular formula is C14H14ClNO3. The summed E-state index contributed by atoms with van der Waals surface area (Å²) in [5.74, 6) is 0.361. The summed E-state index contributed by atoms with van der Waals surface area (Å²) < 4.78 is 10.2. The van der Waals surface area contributed by atoms with E-state index in [1.165, 1.54) is 6.92 Å². The third-order valence-corrected chi connectivity index (χ3v) is 3.28. The molecule has 1 heterocycles. The fraction of sp³-hybridized carbons (Fsp3) is 0.286. The average Bonchev–Trinajstić information content (AvgIpc) is 2.38. The van der Waals surface area contributed by atoms with Gasteiger partial charge in [-0.3, -0.25) is 9.78 Å². The number of esters is 1. The molecule has 5 heteroatoms. The minimum atomic E-state index is -0.346. The predicted molar refractivity (Wildman–Crippen MR) is 73.5 cm³/mol. The Bertz CT molecular complexity index is 640. The Balaban J connectivity index is 2.54. The van der Waals surface area contributed by atoms with E-state index in [1.807, 2.05) is 25.1 Å². The zero-order valence-corrected chi connectivity index (χ0v) is 11.7. The van der Waals surface area contributed by atoms with Crippen molar-refractivity contribution in [2.75, 3.05) is 7.11 Å². The number of carbonyl (C=O) groups excluding carboxylic acids is 1. The van der Waals surface area contributed by atoms with Gasteiger partial charge < -0.3 is 9.47 Å². The van der Waals surface area contributed by atoms with Crippen molar-refractivity contribution >= 4 is 28.5 Å². The molecule has 4 nitrogen and oxygen atoms in total. The lowest BCUT2D eigenvalue weighted by Gasteiger charge is -2.11. The molecule has 1 aromatic heterocycles. The van der Waals surface area contributed by atoms with Gasteiger partial charge in [0.2, 0.25) is 0 Å². The fourth-order valence-electron chi connectivity index (χ4n) is 1.83. The lowest BCUT2D eigenvalue weighted by Crippen LogP contribution is -2.03. The minimum Gasteiger partial charge on any atom is -0.497 e. The summed E-state index contributed by atoms with van der Waals surface area (Å²) in [5.41, 5.74) is 2.26. The Morgan fingerprint density at radius 2 is 2.16 bits per heavy atom. The molecule has 0 saturated carbocycles. The van der Waals surface area contributed by atoms with Crippen LogP contribution in [0.1, 0.15) is 18.2 Å². The van der Waals surface area contributed by atoms with Crippen molar-refractivity contribution in [3.05, 3.63) is 34.5 Å². The SMILES string of the molecule is COc1ccc2nc(C)c(COC(C)=O)c(Cl)c2c1. The molecule has 0 aliphatic rings. The molecule has 2 rings (SSSR count). The highest BCUT2D eigenvalue weighted by atomic mass is 35.5. The summed E-state index contributed by atoms with van der Waals surface area (Å²) in [5, 5.41) is 1.33. The van der Waals surface area contributed by atoms with Crippen molar-refractivity contribution in [1.29, 1.82) is 0 Å². The number of aromatic nitrogens is 1. The highest BCUT2D eigenvalue weighted by molar-refractivity contribution is 6.36. The van der Waals surface area contributed by atoms with Crippen molar-refractivity contribution in [1.82, 2.24) is 4.98 Å². The number of hydrogen-bond donors (Lipinski definition) is 0. The summed E-state index contributed by atoms with van der Waals surface area (Å²) in [6, 6.07) is 5.50. The van der Waals surface area contributed by atoms with E-state index in [9.17, 15) is 4.79 Å². The first-order valence-electron chi connectivity index (χ1n) is 5.79. The van der Waals surface area contributed by atoms with Crippen molar-refractivity contribution in [3.8, 4) is 5.75 Å². The van der Waals surface area contributed by atoms with Gasteiger partial charge in [-0.1, -0.05) is 11.6 Å². The predicted octanol–water partition coefficient (Wildman–Crippen LogP) is 3.27. The molecule has 0 amide bonds. The summed E-state index contributed by atoms with van der Waals surface area (Å²) >= 11 is 6.37. The number of hydrogen-bond acceptors (Lipinski definition) is 4. The molecule has 0 spiro atoms. The normalized spacial score (nSPS) is 10.5. The standard InChI is InChI=1S/C14H14ClNO3/c1-8-12(7-19-9(2)17)14(15)11-6-10(18-3)4-5-13(11)16-8/h4-6H,7H2,1-3H3. The number of halogens is 1. The first kappa shape index (κ1) is 13.6. The number of rotatable bonds is 3. The van der Waals surface area contributed by atoms with Gasteiger partial charge in [-0.15, -0.1) is 0 Å². The second kappa shape index (κ2) is 5.45.